The lowest BCUT2D eigenvalue weighted by Gasteiger charge is -2.17. The van der Waals surface area contributed by atoms with Crippen LogP contribution in [0, 0.1) is 12.3 Å². The molecule has 1 aromatic carbocycles. The molecule has 1 fully saturated rings. The summed E-state index contributed by atoms with van der Waals surface area (Å²) in [6, 6.07) is 6.40. The highest BCUT2D eigenvalue weighted by Crippen LogP contribution is 2.52. The maximum atomic E-state index is 5.68. The van der Waals surface area contributed by atoms with Gasteiger partial charge in [-0.3, -0.25) is 0 Å². The summed E-state index contributed by atoms with van der Waals surface area (Å²) >= 11 is 0. The third kappa shape index (κ3) is 2.22. The molecule has 2 N–H and O–H groups in total. The topological polar surface area (TPSA) is 35.2 Å². The molecule has 0 atom stereocenters. The normalized spacial score (nSPS) is 17.2. The highest BCUT2D eigenvalue weighted by molar-refractivity contribution is 5.41. The molecule has 16 heavy (non-hydrogen) atoms. The minimum Gasteiger partial charge on any atom is -0.496 e. The Morgan fingerprint density at radius 2 is 2.12 bits per heavy atom. The third-order valence-electron chi connectivity index (χ3n) is 3.69. The van der Waals surface area contributed by atoms with Crippen LogP contribution in [0.2, 0.25) is 0 Å². The van der Waals surface area contributed by atoms with Gasteiger partial charge in [-0.25, -0.2) is 0 Å². The van der Waals surface area contributed by atoms with Crippen LogP contribution >= 0.6 is 0 Å². The Labute approximate surface area is 97.8 Å². The van der Waals surface area contributed by atoms with Crippen molar-refractivity contribution in [2.75, 3.05) is 13.7 Å². The monoisotopic (exact) mass is 219 g/mol. The molecule has 0 unspecified atom stereocenters. The summed E-state index contributed by atoms with van der Waals surface area (Å²) in [5, 5.41) is 0. The van der Waals surface area contributed by atoms with E-state index in [1.165, 1.54) is 24.0 Å². The van der Waals surface area contributed by atoms with Crippen LogP contribution in [0.1, 0.15) is 30.4 Å². The number of rotatable bonds is 5. The van der Waals surface area contributed by atoms with Gasteiger partial charge < -0.3 is 10.5 Å². The molecule has 0 aromatic heterocycles. The van der Waals surface area contributed by atoms with Gasteiger partial charge in [0.1, 0.15) is 5.75 Å². The summed E-state index contributed by atoms with van der Waals surface area (Å²) in [5.41, 5.74) is 8.73. The van der Waals surface area contributed by atoms with E-state index in [1.54, 1.807) is 7.11 Å². The fourth-order valence-electron chi connectivity index (χ4n) is 2.55. The van der Waals surface area contributed by atoms with Crippen LogP contribution in [-0.2, 0) is 6.42 Å². The first-order valence-electron chi connectivity index (χ1n) is 6.03. The standard InChI is InChI=1S/C14H21NO/c1-11-4-3-5-12(13(11)16-2)10-14(6-7-14)8-9-15/h3-5H,6-10,15H2,1-2H3. The van der Waals surface area contributed by atoms with Crippen molar-refractivity contribution in [1.82, 2.24) is 0 Å². The van der Waals surface area contributed by atoms with Gasteiger partial charge in [-0.2, -0.15) is 0 Å². The van der Waals surface area contributed by atoms with Crippen molar-refractivity contribution in [1.29, 1.82) is 0 Å². The molecule has 2 rings (SSSR count). The van der Waals surface area contributed by atoms with E-state index in [0.717, 1.165) is 25.1 Å². The van der Waals surface area contributed by atoms with Crippen LogP contribution < -0.4 is 10.5 Å². The van der Waals surface area contributed by atoms with Crippen LogP contribution in [0.5, 0.6) is 5.75 Å². The lowest BCUT2D eigenvalue weighted by atomic mass is 9.92. The van der Waals surface area contributed by atoms with Gasteiger partial charge in [0.2, 0.25) is 0 Å². The number of hydrogen-bond acceptors (Lipinski definition) is 2. The SMILES string of the molecule is COc1c(C)cccc1CC1(CCN)CC1. The minimum absolute atomic E-state index is 0.482. The lowest BCUT2D eigenvalue weighted by molar-refractivity contribution is 0.395. The molecule has 0 saturated heterocycles. The van der Waals surface area contributed by atoms with E-state index in [-0.39, 0.29) is 0 Å². The fourth-order valence-corrected chi connectivity index (χ4v) is 2.55. The smallest absolute Gasteiger partial charge is 0.124 e. The molecule has 2 heteroatoms. The van der Waals surface area contributed by atoms with Gasteiger partial charge in [0, 0.05) is 0 Å². The van der Waals surface area contributed by atoms with E-state index in [1.807, 2.05) is 0 Å². The summed E-state index contributed by atoms with van der Waals surface area (Å²) < 4.78 is 5.50. The maximum Gasteiger partial charge on any atom is 0.124 e. The van der Waals surface area contributed by atoms with Gasteiger partial charge in [-0.15, -0.1) is 0 Å². The second-order valence-electron chi connectivity index (χ2n) is 4.98. The van der Waals surface area contributed by atoms with Gasteiger partial charge >= 0.3 is 0 Å². The fraction of sp³-hybridized carbons (Fsp3) is 0.571. The minimum atomic E-state index is 0.482. The van der Waals surface area contributed by atoms with Crippen molar-refractivity contribution in [3.05, 3.63) is 29.3 Å². The quantitative estimate of drug-likeness (QED) is 0.826. The summed E-state index contributed by atoms with van der Waals surface area (Å²) in [7, 11) is 1.76. The number of methoxy groups -OCH3 is 1. The number of aryl methyl sites for hydroxylation is 1. The van der Waals surface area contributed by atoms with Gasteiger partial charge in [-0.1, -0.05) is 18.2 Å². The predicted molar refractivity (Wildman–Crippen MR) is 66.8 cm³/mol. The summed E-state index contributed by atoms with van der Waals surface area (Å²) in [5.74, 6) is 1.06. The third-order valence-corrected chi connectivity index (χ3v) is 3.69. The molecule has 1 saturated carbocycles. The maximum absolute atomic E-state index is 5.68. The molecule has 1 aliphatic rings. The number of para-hydroxylation sites is 1. The molecule has 88 valence electrons. The van der Waals surface area contributed by atoms with Crippen molar-refractivity contribution in [2.45, 2.75) is 32.6 Å². The summed E-state index contributed by atoms with van der Waals surface area (Å²) in [6.07, 6.45) is 4.90. The second kappa shape index (κ2) is 4.46. The van der Waals surface area contributed by atoms with E-state index >= 15 is 0 Å². The molecular weight excluding hydrogens is 198 g/mol. The zero-order valence-corrected chi connectivity index (χ0v) is 10.3. The van der Waals surface area contributed by atoms with E-state index in [4.69, 9.17) is 10.5 Å². The first-order valence-corrected chi connectivity index (χ1v) is 6.03. The highest BCUT2D eigenvalue weighted by atomic mass is 16.5. The Bertz CT molecular complexity index is 369. The van der Waals surface area contributed by atoms with E-state index < -0.39 is 0 Å². The van der Waals surface area contributed by atoms with Crippen molar-refractivity contribution in [3.63, 3.8) is 0 Å². The molecule has 1 aromatic rings. The van der Waals surface area contributed by atoms with Crippen LogP contribution in [0.4, 0.5) is 0 Å². The Hall–Kier alpha value is -1.02. The van der Waals surface area contributed by atoms with Crippen molar-refractivity contribution in [3.8, 4) is 5.75 Å². The second-order valence-corrected chi connectivity index (χ2v) is 4.98. The number of benzene rings is 1. The Morgan fingerprint density at radius 3 is 2.69 bits per heavy atom. The van der Waals surface area contributed by atoms with Gasteiger partial charge in [0.05, 0.1) is 7.11 Å². The van der Waals surface area contributed by atoms with E-state index in [0.29, 0.717) is 5.41 Å². The molecule has 0 aliphatic heterocycles. The van der Waals surface area contributed by atoms with Gasteiger partial charge in [0.25, 0.3) is 0 Å². The van der Waals surface area contributed by atoms with Crippen LogP contribution in [0.3, 0.4) is 0 Å². The lowest BCUT2D eigenvalue weighted by Crippen LogP contribution is -2.12. The number of hydrogen-bond donors (Lipinski definition) is 1. The Morgan fingerprint density at radius 1 is 1.38 bits per heavy atom. The zero-order valence-electron chi connectivity index (χ0n) is 10.3. The number of nitrogens with two attached hydrogens (primary N) is 1. The number of ether oxygens (including phenoxy) is 1. The molecule has 1 aliphatic carbocycles. The van der Waals surface area contributed by atoms with Crippen molar-refractivity contribution < 1.29 is 4.74 Å². The average Bonchev–Trinajstić information content (AvgIpc) is 2.99. The van der Waals surface area contributed by atoms with Crippen molar-refractivity contribution >= 4 is 0 Å². The summed E-state index contributed by atoms with van der Waals surface area (Å²) in [4.78, 5) is 0. The van der Waals surface area contributed by atoms with Crippen LogP contribution in [0.25, 0.3) is 0 Å². The highest BCUT2D eigenvalue weighted by Gasteiger charge is 2.41. The first-order chi connectivity index (χ1) is 7.71. The average molecular weight is 219 g/mol. The molecule has 0 amide bonds. The molecule has 2 nitrogen and oxygen atoms in total. The van der Waals surface area contributed by atoms with Crippen molar-refractivity contribution in [2.24, 2.45) is 11.1 Å². The van der Waals surface area contributed by atoms with Crippen LogP contribution in [0.15, 0.2) is 18.2 Å². The molecule has 0 heterocycles. The largest absolute Gasteiger partial charge is 0.496 e. The Kier molecular flexibility index (Phi) is 3.20. The Balaban J connectivity index is 2.18. The van der Waals surface area contributed by atoms with Crippen LogP contribution in [-0.4, -0.2) is 13.7 Å². The molecular formula is C14H21NO. The van der Waals surface area contributed by atoms with E-state index in [2.05, 4.69) is 25.1 Å². The first kappa shape index (κ1) is 11.5. The van der Waals surface area contributed by atoms with Gasteiger partial charge in [0.15, 0.2) is 0 Å². The van der Waals surface area contributed by atoms with Gasteiger partial charge in [-0.05, 0) is 55.7 Å². The van der Waals surface area contributed by atoms with E-state index in [9.17, 15) is 0 Å². The zero-order chi connectivity index (χ0) is 11.6. The molecule has 0 bridgehead atoms. The molecule has 0 radical (unpaired) electrons. The predicted octanol–water partition coefficient (Wildman–Crippen LogP) is 2.68. The molecule has 0 spiro atoms. The summed E-state index contributed by atoms with van der Waals surface area (Å²) in [6.45, 7) is 2.90.